The zero-order valence-electron chi connectivity index (χ0n) is 23.2. The number of amides is 2. The Morgan fingerprint density at radius 2 is 1.58 bits per heavy atom. The molecule has 202 valence electrons. The van der Waals surface area contributed by atoms with Crippen LogP contribution in [-0.4, -0.2) is 59.0 Å². The van der Waals surface area contributed by atoms with Gasteiger partial charge in [-0.3, -0.25) is 19.2 Å². The lowest BCUT2D eigenvalue weighted by molar-refractivity contribution is -0.143. The molecule has 2 heterocycles. The van der Waals surface area contributed by atoms with Crippen molar-refractivity contribution < 1.29 is 19.2 Å². The van der Waals surface area contributed by atoms with E-state index >= 15 is 0 Å². The van der Waals surface area contributed by atoms with E-state index in [2.05, 4.69) is 55.7 Å². The third-order valence-electron chi connectivity index (χ3n) is 7.63. The first-order valence-corrected chi connectivity index (χ1v) is 13.5. The quantitative estimate of drug-likeness (QED) is 0.517. The van der Waals surface area contributed by atoms with Crippen molar-refractivity contribution in [1.29, 1.82) is 0 Å². The second-order valence-corrected chi connectivity index (χ2v) is 12.1. The lowest BCUT2D eigenvalue weighted by Crippen LogP contribution is -2.56. The van der Waals surface area contributed by atoms with Gasteiger partial charge in [0.25, 0.3) is 5.91 Å². The van der Waals surface area contributed by atoms with Gasteiger partial charge >= 0.3 is 0 Å². The summed E-state index contributed by atoms with van der Waals surface area (Å²) in [6.45, 7) is 11.9. The monoisotopic (exact) mass is 517 g/mol. The number of hydrogen-bond donors (Lipinski definition) is 2. The fourth-order valence-corrected chi connectivity index (χ4v) is 5.33. The van der Waals surface area contributed by atoms with Gasteiger partial charge in [0.15, 0.2) is 11.6 Å². The molecule has 0 spiro atoms. The largest absolute Gasteiger partial charge is 0.340 e. The van der Waals surface area contributed by atoms with Crippen LogP contribution in [0.3, 0.4) is 0 Å². The number of Topliss-reactive ketones (excluding diaryl/α,β-unsaturated/α-hetero) is 2. The molecule has 38 heavy (non-hydrogen) atoms. The summed E-state index contributed by atoms with van der Waals surface area (Å²) in [5, 5.41) is 6.00. The smallest absolute Gasteiger partial charge is 0.251 e. The van der Waals surface area contributed by atoms with Crippen molar-refractivity contribution in [1.82, 2.24) is 15.5 Å². The van der Waals surface area contributed by atoms with Crippen LogP contribution in [-0.2, 0) is 19.8 Å². The van der Waals surface area contributed by atoms with Crippen LogP contribution in [0.5, 0.6) is 0 Å². The molecule has 2 amide bonds. The molecular weight excluding hydrogens is 478 g/mol. The highest BCUT2D eigenvalue weighted by atomic mass is 16.2. The van der Waals surface area contributed by atoms with Crippen molar-refractivity contribution in [2.24, 2.45) is 5.92 Å². The number of carbonyl (C=O) groups excluding carboxylic acids is 4. The minimum absolute atomic E-state index is 0.0268. The van der Waals surface area contributed by atoms with Crippen LogP contribution in [0.1, 0.15) is 70.3 Å². The van der Waals surface area contributed by atoms with Crippen LogP contribution < -0.4 is 10.6 Å². The van der Waals surface area contributed by atoms with Crippen molar-refractivity contribution in [3.8, 4) is 11.1 Å². The van der Waals surface area contributed by atoms with Gasteiger partial charge in [-0.25, -0.2) is 0 Å². The highest BCUT2D eigenvalue weighted by Gasteiger charge is 2.52. The topological polar surface area (TPSA) is 95.6 Å². The maximum absolute atomic E-state index is 13.6. The maximum Gasteiger partial charge on any atom is 0.251 e. The van der Waals surface area contributed by atoms with Gasteiger partial charge in [-0.05, 0) is 59.9 Å². The van der Waals surface area contributed by atoms with E-state index < -0.39 is 18.1 Å². The first-order valence-electron chi connectivity index (χ1n) is 13.5. The summed E-state index contributed by atoms with van der Waals surface area (Å²) in [4.78, 5) is 52.8. The van der Waals surface area contributed by atoms with Crippen molar-refractivity contribution in [2.45, 2.75) is 84.0 Å². The van der Waals surface area contributed by atoms with Crippen LogP contribution in [0.15, 0.2) is 48.5 Å². The summed E-state index contributed by atoms with van der Waals surface area (Å²) >= 11 is 0. The van der Waals surface area contributed by atoms with Gasteiger partial charge in [-0.2, -0.15) is 0 Å². The Bertz CT molecular complexity index is 1190. The number of fused-ring (bicyclic) bond motifs is 2. The highest BCUT2D eigenvalue weighted by molar-refractivity contribution is 6.01. The number of benzene rings is 2. The average molecular weight is 518 g/mol. The summed E-state index contributed by atoms with van der Waals surface area (Å²) in [6.07, 6.45) is 0.846. The van der Waals surface area contributed by atoms with Crippen molar-refractivity contribution in [3.63, 3.8) is 0 Å². The molecule has 3 unspecified atom stereocenters. The standard InChI is InChI=1S/C25H35N3O4.C6H4/c1-14(2)11-19(27-23(31)16-7-9-17(10-8-16)25(4,5)6)24(32)28-20(15(3)29)12-18-22(28)21(30)13-26-18;1-2-6-4-3-5(1)6/h7-10,14,18-20,22,26H,11-13H2,1-6H3,(H,27,31);1-4H/t18?,19-,20?,22?;/m0./s1. The fourth-order valence-electron chi connectivity index (χ4n) is 5.33. The van der Waals surface area contributed by atoms with Crippen LogP contribution in [0.25, 0.3) is 11.1 Å². The second-order valence-electron chi connectivity index (χ2n) is 12.1. The molecule has 2 N–H and O–H groups in total. The van der Waals surface area contributed by atoms with E-state index in [1.807, 2.05) is 26.0 Å². The molecule has 0 aromatic heterocycles. The van der Waals surface area contributed by atoms with Crippen molar-refractivity contribution >= 4 is 23.4 Å². The SMILES string of the molecule is CC(=O)C1CC2NCC(=O)C2N1C(=O)[C@H](CC(C)C)NC(=O)c1ccc(C(C)(C)C)cc1.c1cc2ccc1-2. The normalized spacial score (nSPS) is 21.9. The zero-order valence-corrected chi connectivity index (χ0v) is 23.2. The molecule has 0 bridgehead atoms. The van der Waals surface area contributed by atoms with Crippen LogP contribution in [0.4, 0.5) is 0 Å². The third kappa shape index (κ3) is 5.73. The molecule has 0 saturated carbocycles. The molecule has 7 nitrogen and oxygen atoms in total. The molecule has 0 radical (unpaired) electrons. The number of nitrogens with zero attached hydrogens (tertiary/aromatic N) is 1. The molecule has 4 atom stereocenters. The first-order chi connectivity index (χ1) is 17.9. The molecule has 2 aliphatic carbocycles. The Hall–Kier alpha value is -3.32. The Balaban J connectivity index is 0.000000483. The Morgan fingerprint density at radius 3 is 2.03 bits per heavy atom. The molecule has 1 aromatic rings. The Kier molecular flexibility index (Phi) is 7.88. The summed E-state index contributed by atoms with van der Waals surface area (Å²) in [5.41, 5.74) is 4.41. The molecule has 2 saturated heterocycles. The van der Waals surface area contributed by atoms with E-state index in [-0.39, 0.29) is 47.3 Å². The van der Waals surface area contributed by atoms with Crippen LogP contribution in [0, 0.1) is 5.92 Å². The number of carbonyl (C=O) groups is 4. The second kappa shape index (κ2) is 10.8. The Labute approximate surface area is 225 Å². The fraction of sp³-hybridized carbons (Fsp3) is 0.484. The minimum atomic E-state index is -0.807. The van der Waals surface area contributed by atoms with Crippen LogP contribution in [0.2, 0.25) is 0 Å². The highest BCUT2D eigenvalue weighted by Crippen LogP contribution is 2.31. The van der Waals surface area contributed by atoms with Crippen LogP contribution >= 0.6 is 0 Å². The minimum Gasteiger partial charge on any atom is -0.340 e. The van der Waals surface area contributed by atoms with Gasteiger partial charge in [0.2, 0.25) is 5.91 Å². The molecule has 5 rings (SSSR count). The third-order valence-corrected chi connectivity index (χ3v) is 7.63. The van der Waals surface area contributed by atoms with E-state index in [4.69, 9.17) is 0 Å². The predicted octanol–water partition coefficient (Wildman–Crippen LogP) is 3.90. The predicted molar refractivity (Wildman–Crippen MR) is 148 cm³/mol. The summed E-state index contributed by atoms with van der Waals surface area (Å²) < 4.78 is 0. The number of ketones is 2. The van der Waals surface area contributed by atoms with E-state index in [9.17, 15) is 19.2 Å². The van der Waals surface area contributed by atoms with Gasteiger partial charge in [0.05, 0.1) is 12.6 Å². The van der Waals surface area contributed by atoms with Gasteiger partial charge in [-0.1, -0.05) is 71.0 Å². The number of nitrogens with one attached hydrogen (secondary N) is 2. The Morgan fingerprint density at radius 1 is 1.00 bits per heavy atom. The van der Waals surface area contributed by atoms with E-state index in [0.29, 0.717) is 18.4 Å². The molecule has 4 aliphatic rings. The summed E-state index contributed by atoms with van der Waals surface area (Å²) in [6, 6.07) is 13.6. The molecular formula is C31H39N3O4. The molecule has 2 aliphatic heterocycles. The van der Waals surface area contributed by atoms with Gasteiger partial charge in [-0.15, -0.1) is 0 Å². The summed E-state index contributed by atoms with van der Waals surface area (Å²) in [7, 11) is 0. The zero-order chi connectivity index (χ0) is 27.8. The van der Waals surface area contributed by atoms with E-state index in [1.54, 1.807) is 12.1 Å². The van der Waals surface area contributed by atoms with Gasteiger partial charge in [0.1, 0.15) is 12.1 Å². The number of likely N-dealkylation sites (tertiary alicyclic amines) is 1. The van der Waals surface area contributed by atoms with E-state index in [1.165, 1.54) is 23.0 Å². The van der Waals surface area contributed by atoms with Crippen molar-refractivity contribution in [2.75, 3.05) is 6.54 Å². The van der Waals surface area contributed by atoms with E-state index in [0.717, 1.165) is 5.56 Å². The van der Waals surface area contributed by atoms with Crippen molar-refractivity contribution in [3.05, 3.63) is 59.7 Å². The lowest BCUT2D eigenvalue weighted by Gasteiger charge is -2.32. The molecule has 1 aromatic carbocycles. The number of rotatable bonds is 6. The van der Waals surface area contributed by atoms with Gasteiger partial charge in [0, 0.05) is 11.6 Å². The maximum atomic E-state index is 13.6. The number of hydrogen-bond acceptors (Lipinski definition) is 5. The molecule has 2 fully saturated rings. The lowest BCUT2D eigenvalue weighted by atomic mass is 9.86. The van der Waals surface area contributed by atoms with Gasteiger partial charge < -0.3 is 15.5 Å². The first kappa shape index (κ1) is 27.7. The molecule has 7 heteroatoms. The average Bonchev–Trinajstić information content (AvgIpc) is 3.40. The summed E-state index contributed by atoms with van der Waals surface area (Å²) in [5.74, 6) is -0.785.